The van der Waals surface area contributed by atoms with Crippen LogP contribution in [0, 0.1) is 5.41 Å². The predicted molar refractivity (Wildman–Crippen MR) is 41.5 cm³/mol. The Labute approximate surface area is 60.8 Å². The summed E-state index contributed by atoms with van der Waals surface area (Å²) in [5, 5.41) is 6.06. The predicted octanol–water partition coefficient (Wildman–Crippen LogP) is -2.03. The molecule has 1 atom stereocenters. The maximum atomic E-state index is 8.88. The molecule has 0 saturated carbocycles. The van der Waals surface area contributed by atoms with E-state index in [0.717, 1.165) is 0 Å². The average Bonchev–Trinajstić information content (AvgIpc) is 1.19. The van der Waals surface area contributed by atoms with Crippen molar-refractivity contribution in [3.63, 3.8) is 0 Å². The highest BCUT2D eigenvalue weighted by Crippen LogP contribution is 2.25. The third-order valence-electron chi connectivity index (χ3n) is 0. The lowest BCUT2D eigenvalue weighted by Gasteiger charge is -1.82. The highest BCUT2D eigenvalue weighted by Gasteiger charge is 2.00. The van der Waals surface area contributed by atoms with Crippen molar-refractivity contribution >= 4 is 23.7 Å². The first-order chi connectivity index (χ1) is 3.73. The Kier molecular flexibility index (Phi) is 11.4. The number of rotatable bonds is 0. The van der Waals surface area contributed by atoms with Crippen LogP contribution in [-0.2, 0) is 4.57 Å². The number of hydrogen-bond acceptors (Lipinski definition) is 2. The lowest BCUT2D eigenvalue weighted by molar-refractivity contribution is 0.275. The Morgan fingerprint density at radius 1 is 1.30 bits per heavy atom. The van der Waals surface area contributed by atoms with Crippen LogP contribution in [-0.4, -0.2) is 20.6 Å². The topological polar surface area (TPSA) is 154 Å². The first-order valence-electron chi connectivity index (χ1n) is 1.61. The molecule has 0 spiro atoms. The van der Waals surface area contributed by atoms with Crippen LogP contribution in [0.5, 0.6) is 0 Å². The summed E-state index contributed by atoms with van der Waals surface area (Å²) in [4.78, 5) is 21.6. The van der Waals surface area contributed by atoms with Crippen LogP contribution >= 0.6 is 17.7 Å². The summed E-state index contributed by atoms with van der Waals surface area (Å²) in [6.45, 7) is 0. The second-order valence-electron chi connectivity index (χ2n) is 0.969. The van der Waals surface area contributed by atoms with E-state index in [0.29, 0.717) is 0 Å². The van der Waals surface area contributed by atoms with Crippen LogP contribution in [0.1, 0.15) is 0 Å². The van der Waals surface area contributed by atoms with Gasteiger partial charge in [-0.05, 0) is 0 Å². The van der Waals surface area contributed by atoms with Gasteiger partial charge < -0.3 is 26.1 Å². The summed E-state index contributed by atoms with van der Waals surface area (Å²) in [6.07, 6.45) is 0. The van der Waals surface area contributed by atoms with E-state index in [1.165, 1.54) is 0 Å². The lowest BCUT2D eigenvalue weighted by atomic mass is 11.1. The molecule has 0 rings (SSSR count). The molecule has 1 unspecified atom stereocenters. The van der Waals surface area contributed by atoms with Crippen molar-refractivity contribution in [1.29, 1.82) is 5.41 Å². The number of nitrogens with two attached hydrogens (primary N) is 2. The zero-order chi connectivity index (χ0) is 8.08. The first-order valence-corrected chi connectivity index (χ1v) is 3.18. The van der Waals surface area contributed by atoms with E-state index >= 15 is 0 Å². The Balaban J connectivity index is -0.0000000910. The molecule has 64 valence electrons. The van der Waals surface area contributed by atoms with Crippen LogP contribution < -0.4 is 11.5 Å². The standard InChI is InChI=1S/CH5N3.H3O4P.H3P/c2-1(3)4;1-5(2,3)4;/h(H5,2,3,4);(H3,1,2,3,4);1H3. The molecular weight excluding hydrogens is 180 g/mol. The van der Waals surface area contributed by atoms with Crippen molar-refractivity contribution in [3.8, 4) is 0 Å². The molecule has 0 amide bonds. The summed E-state index contributed by atoms with van der Waals surface area (Å²) in [5.41, 5.74) is 8.94. The third-order valence-corrected chi connectivity index (χ3v) is 0. The molecule has 0 saturated heterocycles. The third kappa shape index (κ3) is 10000. The van der Waals surface area contributed by atoms with E-state index < -0.39 is 7.82 Å². The van der Waals surface area contributed by atoms with Crippen molar-refractivity contribution in [2.24, 2.45) is 11.5 Å². The molecule has 0 aliphatic rings. The molecule has 0 aliphatic heterocycles. The monoisotopic (exact) mass is 191 g/mol. The minimum absolute atomic E-state index is 0. The molecule has 7 nitrogen and oxygen atoms in total. The van der Waals surface area contributed by atoms with E-state index in [2.05, 4.69) is 11.5 Å². The molecule has 0 bridgehead atoms. The van der Waals surface area contributed by atoms with Gasteiger partial charge in [0.25, 0.3) is 0 Å². The van der Waals surface area contributed by atoms with E-state index in [1.807, 2.05) is 0 Å². The molecule has 9 heteroatoms. The molecule has 0 aromatic heterocycles. The summed E-state index contributed by atoms with van der Waals surface area (Å²) < 4.78 is 8.88. The molecule has 0 heterocycles. The first kappa shape index (κ1) is 16.4. The number of guanidine groups is 1. The smallest absolute Gasteiger partial charge is 0.370 e. The van der Waals surface area contributed by atoms with Crippen molar-refractivity contribution < 1.29 is 19.2 Å². The molecular formula is CH11N3O4P2. The summed E-state index contributed by atoms with van der Waals surface area (Å²) >= 11 is 0. The van der Waals surface area contributed by atoms with Gasteiger partial charge in [0, 0.05) is 0 Å². The average molecular weight is 191 g/mol. The maximum absolute atomic E-state index is 8.88. The molecule has 0 radical (unpaired) electrons. The van der Waals surface area contributed by atoms with Gasteiger partial charge in [0.15, 0.2) is 5.96 Å². The van der Waals surface area contributed by atoms with Crippen molar-refractivity contribution in [3.05, 3.63) is 0 Å². The quantitative estimate of drug-likeness (QED) is 0.147. The van der Waals surface area contributed by atoms with Gasteiger partial charge >= 0.3 is 7.82 Å². The van der Waals surface area contributed by atoms with Gasteiger partial charge in [0.1, 0.15) is 0 Å². The molecule has 0 aliphatic carbocycles. The Hall–Kier alpha value is -0.190. The summed E-state index contributed by atoms with van der Waals surface area (Å²) in [6, 6.07) is 0. The normalized spacial score (nSPS) is 8.30. The van der Waals surface area contributed by atoms with Gasteiger partial charge in [0.05, 0.1) is 0 Å². The fourth-order valence-corrected chi connectivity index (χ4v) is 0. The fraction of sp³-hybridized carbons (Fsp3) is 0. The number of nitrogens with one attached hydrogen (secondary N) is 1. The van der Waals surface area contributed by atoms with Gasteiger partial charge in [-0.25, -0.2) is 4.57 Å². The zero-order valence-electron chi connectivity index (χ0n) is 5.06. The summed E-state index contributed by atoms with van der Waals surface area (Å²) in [5.74, 6) is -0.333. The second-order valence-corrected chi connectivity index (χ2v) is 2.00. The minimum atomic E-state index is -4.64. The van der Waals surface area contributed by atoms with E-state index in [1.54, 1.807) is 0 Å². The van der Waals surface area contributed by atoms with Crippen molar-refractivity contribution in [2.75, 3.05) is 0 Å². The Bertz CT molecular complexity index is 118. The van der Waals surface area contributed by atoms with E-state index in [4.69, 9.17) is 24.7 Å². The van der Waals surface area contributed by atoms with E-state index in [9.17, 15) is 0 Å². The lowest BCUT2D eigenvalue weighted by Crippen LogP contribution is -2.20. The summed E-state index contributed by atoms with van der Waals surface area (Å²) in [7, 11) is -4.64. The molecule has 0 aromatic carbocycles. The number of phosphoric acid groups is 1. The molecule has 0 aromatic rings. The van der Waals surface area contributed by atoms with Crippen molar-refractivity contribution in [1.82, 2.24) is 0 Å². The van der Waals surface area contributed by atoms with Gasteiger partial charge in [-0.15, -0.1) is 0 Å². The van der Waals surface area contributed by atoms with Gasteiger partial charge in [-0.2, -0.15) is 9.90 Å². The van der Waals surface area contributed by atoms with Gasteiger partial charge in [-0.1, -0.05) is 0 Å². The second kappa shape index (κ2) is 6.92. The fourth-order valence-electron chi connectivity index (χ4n) is 0. The molecule has 8 N–H and O–H groups in total. The van der Waals surface area contributed by atoms with Crippen LogP contribution in [0.4, 0.5) is 0 Å². The molecule has 10 heavy (non-hydrogen) atoms. The zero-order valence-corrected chi connectivity index (χ0v) is 7.37. The highest BCUT2D eigenvalue weighted by atomic mass is 31.2. The highest BCUT2D eigenvalue weighted by molar-refractivity contribution is 7.45. The number of hydrogen-bond donors (Lipinski definition) is 6. The van der Waals surface area contributed by atoms with Crippen LogP contribution in [0.25, 0.3) is 0 Å². The van der Waals surface area contributed by atoms with Crippen LogP contribution in [0.3, 0.4) is 0 Å². The molecule has 0 fully saturated rings. The Morgan fingerprint density at radius 3 is 1.30 bits per heavy atom. The SMILES string of the molecule is N=C(N)N.O=P(O)(O)O.P. The maximum Gasteiger partial charge on any atom is 0.466 e. The van der Waals surface area contributed by atoms with Crippen LogP contribution in [0.2, 0.25) is 0 Å². The van der Waals surface area contributed by atoms with Crippen LogP contribution in [0.15, 0.2) is 0 Å². The largest absolute Gasteiger partial charge is 0.466 e. The van der Waals surface area contributed by atoms with E-state index in [-0.39, 0.29) is 15.9 Å². The van der Waals surface area contributed by atoms with Crippen molar-refractivity contribution in [2.45, 2.75) is 0 Å². The van der Waals surface area contributed by atoms with Gasteiger partial charge in [-0.3, -0.25) is 5.41 Å². The van der Waals surface area contributed by atoms with Gasteiger partial charge in [0.2, 0.25) is 0 Å². The Morgan fingerprint density at radius 2 is 1.30 bits per heavy atom. The minimum Gasteiger partial charge on any atom is -0.370 e.